The highest BCUT2D eigenvalue weighted by Gasteiger charge is 2.50. The van der Waals surface area contributed by atoms with Crippen molar-refractivity contribution < 1.29 is 18.3 Å². The minimum atomic E-state index is -4.62. The van der Waals surface area contributed by atoms with Crippen LogP contribution in [0.3, 0.4) is 0 Å². The molecule has 1 aliphatic heterocycles. The number of nitrogens with zero attached hydrogens (tertiary/aromatic N) is 4. The lowest BCUT2D eigenvalue weighted by atomic mass is 10.1. The Morgan fingerprint density at radius 3 is 2.62 bits per heavy atom. The van der Waals surface area contributed by atoms with E-state index in [-0.39, 0.29) is 0 Å². The van der Waals surface area contributed by atoms with Crippen LogP contribution in [-0.4, -0.2) is 64.7 Å². The summed E-state index contributed by atoms with van der Waals surface area (Å²) in [4.78, 5) is 3.64. The van der Waals surface area contributed by atoms with Gasteiger partial charge in [0.2, 0.25) is 0 Å². The van der Waals surface area contributed by atoms with Crippen molar-refractivity contribution in [1.29, 1.82) is 0 Å². The van der Waals surface area contributed by atoms with Crippen LogP contribution in [0.2, 0.25) is 0 Å². The van der Waals surface area contributed by atoms with Gasteiger partial charge >= 0.3 is 6.18 Å². The van der Waals surface area contributed by atoms with Crippen LogP contribution >= 0.6 is 0 Å². The molecule has 1 aromatic heterocycles. The van der Waals surface area contributed by atoms with Gasteiger partial charge in [0, 0.05) is 38.9 Å². The summed E-state index contributed by atoms with van der Waals surface area (Å²) >= 11 is 0. The summed E-state index contributed by atoms with van der Waals surface area (Å²) in [6.45, 7) is 2.64. The van der Waals surface area contributed by atoms with Gasteiger partial charge in [0.1, 0.15) is 0 Å². The molecule has 5 nitrogen and oxygen atoms in total. The Morgan fingerprint density at radius 1 is 1.24 bits per heavy atom. The highest BCUT2D eigenvalue weighted by atomic mass is 19.4. The molecule has 2 rings (SSSR count). The van der Waals surface area contributed by atoms with Crippen molar-refractivity contribution in [3.05, 3.63) is 18.3 Å². The van der Waals surface area contributed by atoms with E-state index in [0.717, 1.165) is 12.7 Å². The van der Waals surface area contributed by atoms with Gasteiger partial charge in [-0.3, -0.25) is 4.90 Å². The van der Waals surface area contributed by atoms with E-state index < -0.39 is 18.3 Å². The van der Waals surface area contributed by atoms with Crippen molar-refractivity contribution in [1.82, 2.24) is 15.1 Å². The Morgan fingerprint density at radius 2 is 2.00 bits per heavy atom. The third kappa shape index (κ3) is 4.04. The van der Waals surface area contributed by atoms with E-state index in [4.69, 9.17) is 0 Å². The fourth-order valence-corrected chi connectivity index (χ4v) is 2.35. The molecule has 1 aliphatic rings. The van der Waals surface area contributed by atoms with Crippen LogP contribution in [0.25, 0.3) is 0 Å². The highest BCUT2D eigenvalue weighted by Crippen LogP contribution is 2.30. The van der Waals surface area contributed by atoms with E-state index in [0.29, 0.717) is 32.6 Å². The standard InChI is InChI=1S/C13H19F3N4O/c1-12(21,13(14,15)16)10-19-6-3-7-20(9-8-19)11-4-2-5-17-18-11/h2,4-5,21H,3,6-10H2,1H3. The quantitative estimate of drug-likeness (QED) is 0.912. The molecule has 0 spiro atoms. The molecule has 1 atom stereocenters. The summed E-state index contributed by atoms with van der Waals surface area (Å²) in [6.07, 6.45) is -2.33. The zero-order valence-corrected chi connectivity index (χ0v) is 11.8. The first-order valence-corrected chi connectivity index (χ1v) is 6.84. The Bertz CT molecular complexity index is 452. The van der Waals surface area contributed by atoms with Crippen molar-refractivity contribution in [3.8, 4) is 0 Å². The molecule has 0 bridgehead atoms. The van der Waals surface area contributed by atoms with Crippen LogP contribution in [0, 0.1) is 0 Å². The average Bonchev–Trinajstić information content (AvgIpc) is 2.63. The topological polar surface area (TPSA) is 52.5 Å². The monoisotopic (exact) mass is 304 g/mol. The maximum absolute atomic E-state index is 12.7. The number of halogens is 3. The molecule has 21 heavy (non-hydrogen) atoms. The molecule has 0 amide bonds. The van der Waals surface area contributed by atoms with Crippen molar-refractivity contribution in [3.63, 3.8) is 0 Å². The maximum atomic E-state index is 12.7. The molecule has 0 aliphatic carbocycles. The van der Waals surface area contributed by atoms with Crippen molar-refractivity contribution in [2.45, 2.75) is 25.1 Å². The first-order valence-electron chi connectivity index (χ1n) is 6.84. The van der Waals surface area contributed by atoms with Crippen LogP contribution in [0.4, 0.5) is 19.0 Å². The van der Waals surface area contributed by atoms with Gasteiger partial charge in [-0.05, 0) is 25.5 Å². The largest absolute Gasteiger partial charge is 0.418 e. The van der Waals surface area contributed by atoms with Gasteiger partial charge < -0.3 is 10.0 Å². The second-order valence-corrected chi connectivity index (χ2v) is 5.47. The van der Waals surface area contributed by atoms with Crippen LogP contribution in [0.5, 0.6) is 0 Å². The fourth-order valence-electron chi connectivity index (χ4n) is 2.35. The first-order chi connectivity index (χ1) is 9.79. The minimum absolute atomic E-state index is 0.412. The van der Waals surface area contributed by atoms with Gasteiger partial charge in [-0.1, -0.05) is 0 Å². The lowest BCUT2D eigenvalue weighted by Crippen LogP contribution is -2.52. The molecule has 8 heteroatoms. The van der Waals surface area contributed by atoms with Crippen LogP contribution in [0.1, 0.15) is 13.3 Å². The van der Waals surface area contributed by atoms with Gasteiger partial charge in [0.25, 0.3) is 0 Å². The molecule has 1 saturated heterocycles. The Labute approximate surface area is 121 Å². The fraction of sp³-hybridized carbons (Fsp3) is 0.692. The summed E-state index contributed by atoms with van der Waals surface area (Å²) in [5.41, 5.74) is -2.69. The third-order valence-electron chi connectivity index (χ3n) is 3.61. The second kappa shape index (κ2) is 6.15. The number of hydrogen-bond donors (Lipinski definition) is 1. The lowest BCUT2D eigenvalue weighted by molar-refractivity contribution is -0.257. The van der Waals surface area contributed by atoms with Crippen LogP contribution < -0.4 is 4.90 Å². The van der Waals surface area contributed by atoms with Gasteiger partial charge in [-0.15, -0.1) is 5.10 Å². The molecule has 1 unspecified atom stereocenters. The summed E-state index contributed by atoms with van der Waals surface area (Å²) in [5, 5.41) is 17.4. The molecule has 0 radical (unpaired) electrons. The zero-order chi connectivity index (χ0) is 15.5. The molecule has 0 aromatic carbocycles. The Kier molecular flexibility index (Phi) is 4.67. The van der Waals surface area contributed by atoms with Crippen molar-refractivity contribution in [2.75, 3.05) is 37.6 Å². The van der Waals surface area contributed by atoms with Gasteiger partial charge in [0.15, 0.2) is 11.4 Å². The number of β-amino-alcohol motifs (C(OH)–C–C–N with tert-alkyl or cyclic N) is 1. The molecule has 0 saturated carbocycles. The lowest BCUT2D eigenvalue weighted by Gasteiger charge is -2.32. The summed E-state index contributed by atoms with van der Waals surface area (Å²) < 4.78 is 38.2. The molecule has 118 valence electrons. The Hall–Kier alpha value is -1.41. The number of aromatic nitrogens is 2. The molecular formula is C13H19F3N4O. The van der Waals surface area contributed by atoms with E-state index in [1.807, 2.05) is 11.0 Å². The SMILES string of the molecule is CC(O)(CN1CCCN(c2cccnn2)CC1)C(F)(F)F. The number of hydrogen-bond acceptors (Lipinski definition) is 5. The van der Waals surface area contributed by atoms with E-state index in [1.54, 1.807) is 17.2 Å². The zero-order valence-electron chi connectivity index (χ0n) is 11.8. The second-order valence-electron chi connectivity index (χ2n) is 5.47. The normalized spacial score (nSPS) is 20.9. The summed E-state index contributed by atoms with van der Waals surface area (Å²) in [7, 11) is 0. The van der Waals surface area contributed by atoms with Crippen molar-refractivity contribution in [2.24, 2.45) is 0 Å². The number of alkyl halides is 3. The van der Waals surface area contributed by atoms with Gasteiger partial charge in [0.05, 0.1) is 0 Å². The number of anilines is 1. The first kappa shape index (κ1) is 16.0. The molecular weight excluding hydrogens is 285 g/mol. The van der Waals surface area contributed by atoms with Gasteiger partial charge in [-0.2, -0.15) is 18.3 Å². The van der Waals surface area contributed by atoms with E-state index >= 15 is 0 Å². The molecule has 1 aromatic rings. The summed E-state index contributed by atoms with van der Waals surface area (Å²) in [5.74, 6) is 0.724. The van der Waals surface area contributed by atoms with Crippen molar-refractivity contribution >= 4 is 5.82 Å². The number of rotatable bonds is 3. The summed E-state index contributed by atoms with van der Waals surface area (Å²) in [6, 6.07) is 3.61. The predicted molar refractivity (Wildman–Crippen MR) is 72.0 cm³/mol. The third-order valence-corrected chi connectivity index (χ3v) is 3.61. The average molecular weight is 304 g/mol. The maximum Gasteiger partial charge on any atom is 0.418 e. The Balaban J connectivity index is 1.95. The smallest absolute Gasteiger partial charge is 0.380 e. The predicted octanol–water partition coefficient (Wildman–Crippen LogP) is 1.30. The highest BCUT2D eigenvalue weighted by molar-refractivity contribution is 5.36. The van der Waals surface area contributed by atoms with Crippen LogP contribution in [0.15, 0.2) is 18.3 Å². The minimum Gasteiger partial charge on any atom is -0.380 e. The van der Waals surface area contributed by atoms with E-state index in [9.17, 15) is 18.3 Å². The molecule has 1 N–H and O–H groups in total. The van der Waals surface area contributed by atoms with E-state index in [2.05, 4.69) is 10.2 Å². The molecule has 1 fully saturated rings. The van der Waals surface area contributed by atoms with Crippen LogP contribution in [-0.2, 0) is 0 Å². The number of aliphatic hydroxyl groups is 1. The van der Waals surface area contributed by atoms with Gasteiger partial charge in [-0.25, -0.2) is 0 Å². The van der Waals surface area contributed by atoms with E-state index in [1.165, 1.54) is 0 Å². The molecule has 2 heterocycles.